The summed E-state index contributed by atoms with van der Waals surface area (Å²) in [6, 6.07) is 0.0607. The van der Waals surface area contributed by atoms with Crippen LogP contribution in [0.4, 0.5) is 4.79 Å². The summed E-state index contributed by atoms with van der Waals surface area (Å²) in [4.78, 5) is 13.5. The summed E-state index contributed by atoms with van der Waals surface area (Å²) in [6.07, 6.45) is 0.998. The number of piperidine rings is 1. The van der Waals surface area contributed by atoms with Gasteiger partial charge in [-0.2, -0.15) is 0 Å². The molecule has 0 radical (unpaired) electrons. The maximum Gasteiger partial charge on any atom is 0.410 e. The number of aliphatic hydroxyl groups excluding tert-OH is 1. The van der Waals surface area contributed by atoms with E-state index in [1.165, 1.54) is 0 Å². The minimum atomic E-state index is -0.290. The van der Waals surface area contributed by atoms with Gasteiger partial charge in [-0.25, -0.2) is 4.79 Å². The molecule has 3 heterocycles. The predicted molar refractivity (Wildman–Crippen MR) is 50.3 cm³/mol. The molecule has 0 saturated carbocycles. The van der Waals surface area contributed by atoms with Crippen LogP contribution >= 0.6 is 0 Å². The molecular weight excluding hydrogens is 198 g/mol. The van der Waals surface area contributed by atoms with Gasteiger partial charge in [-0.05, 0) is 19.8 Å². The zero-order chi connectivity index (χ0) is 10.6. The second kappa shape index (κ2) is 3.09. The fraction of sp³-hybridized carbons (Fsp3) is 0.900. The molecular formula is C10H15NO4. The molecule has 84 valence electrons. The van der Waals surface area contributed by atoms with E-state index >= 15 is 0 Å². The van der Waals surface area contributed by atoms with Crippen molar-refractivity contribution in [2.75, 3.05) is 6.61 Å². The van der Waals surface area contributed by atoms with Gasteiger partial charge in [0.15, 0.2) is 0 Å². The number of carbonyl (C=O) groups excluding carboxylic acids is 1. The molecule has 1 N–H and O–H groups in total. The first kappa shape index (κ1) is 9.42. The first-order valence-electron chi connectivity index (χ1n) is 5.51. The van der Waals surface area contributed by atoms with Crippen LogP contribution in [-0.4, -0.2) is 53.1 Å². The number of amides is 1. The lowest BCUT2D eigenvalue weighted by Gasteiger charge is -2.38. The number of epoxide rings is 1. The number of aliphatic hydroxyl groups is 1. The van der Waals surface area contributed by atoms with E-state index in [4.69, 9.17) is 9.47 Å². The second-order valence-corrected chi connectivity index (χ2v) is 4.43. The normalized spacial score (nSPS) is 46.3. The number of carbonyl (C=O) groups is 1. The third-order valence-corrected chi connectivity index (χ3v) is 3.54. The lowest BCUT2D eigenvalue weighted by atomic mass is 9.99. The highest BCUT2D eigenvalue weighted by atomic mass is 16.6. The Labute approximate surface area is 87.9 Å². The number of morpholine rings is 1. The predicted octanol–water partition coefficient (Wildman–Crippen LogP) is 0.118. The zero-order valence-corrected chi connectivity index (χ0v) is 8.63. The van der Waals surface area contributed by atoms with Crippen LogP contribution in [0.25, 0.3) is 0 Å². The van der Waals surface area contributed by atoms with E-state index in [1.807, 2.05) is 0 Å². The summed E-state index contributed by atoms with van der Waals surface area (Å²) in [7, 11) is 0. The summed E-state index contributed by atoms with van der Waals surface area (Å²) in [5.41, 5.74) is 0. The zero-order valence-electron chi connectivity index (χ0n) is 8.63. The van der Waals surface area contributed by atoms with E-state index in [1.54, 1.807) is 11.8 Å². The molecule has 5 nitrogen and oxygen atoms in total. The highest BCUT2D eigenvalue weighted by Crippen LogP contribution is 2.48. The Bertz CT molecular complexity index is 277. The fourth-order valence-corrected chi connectivity index (χ4v) is 2.94. The van der Waals surface area contributed by atoms with E-state index in [0.717, 1.165) is 0 Å². The summed E-state index contributed by atoms with van der Waals surface area (Å²) >= 11 is 0. The minimum absolute atomic E-state index is 0.0304. The molecule has 2 bridgehead atoms. The Morgan fingerprint density at radius 2 is 2.07 bits per heavy atom. The van der Waals surface area contributed by atoms with E-state index in [2.05, 4.69) is 0 Å². The average molecular weight is 213 g/mol. The molecule has 3 aliphatic heterocycles. The molecule has 5 atom stereocenters. The summed E-state index contributed by atoms with van der Waals surface area (Å²) in [6.45, 7) is 2.20. The molecule has 1 amide bonds. The third kappa shape index (κ3) is 1.26. The molecule has 3 aliphatic rings. The molecule has 0 spiro atoms. The smallest absolute Gasteiger partial charge is 0.410 e. The Balaban J connectivity index is 1.78. The van der Waals surface area contributed by atoms with Gasteiger partial charge in [0.1, 0.15) is 12.2 Å². The molecule has 15 heavy (non-hydrogen) atoms. The van der Waals surface area contributed by atoms with Gasteiger partial charge in [-0.15, -0.1) is 0 Å². The van der Waals surface area contributed by atoms with Crippen LogP contribution in [0.15, 0.2) is 0 Å². The SMILES string of the molecule is CCOC(=O)N1[C@@H]2CC(O)C[C@H]1[C@@H]1O[C@@H]12. The standard InChI is InChI=1S/C10H15NO4/c1-2-14-10(13)11-6-3-5(12)4-7(11)9-8(6)15-9/h5-9,12H,2-4H2,1H3/t5?,6-,7+,8-,9+. The Kier molecular flexibility index (Phi) is 1.94. The van der Waals surface area contributed by atoms with E-state index in [9.17, 15) is 9.90 Å². The average Bonchev–Trinajstić information content (AvgIpc) is 2.91. The lowest BCUT2D eigenvalue weighted by Crippen LogP contribution is -2.52. The van der Waals surface area contributed by atoms with Crippen molar-refractivity contribution in [2.24, 2.45) is 0 Å². The fourth-order valence-electron chi connectivity index (χ4n) is 2.94. The van der Waals surface area contributed by atoms with Gasteiger partial charge in [0.05, 0.1) is 24.8 Å². The lowest BCUT2D eigenvalue weighted by molar-refractivity contribution is -0.0123. The summed E-state index contributed by atoms with van der Waals surface area (Å²) in [5, 5.41) is 9.62. The number of ether oxygens (including phenoxy) is 2. The molecule has 5 heteroatoms. The van der Waals surface area contributed by atoms with Crippen molar-refractivity contribution in [3.05, 3.63) is 0 Å². The molecule has 0 aromatic carbocycles. The monoisotopic (exact) mass is 213 g/mol. The maximum absolute atomic E-state index is 11.7. The van der Waals surface area contributed by atoms with Crippen LogP contribution in [-0.2, 0) is 9.47 Å². The van der Waals surface area contributed by atoms with Crippen molar-refractivity contribution in [1.82, 2.24) is 4.90 Å². The van der Waals surface area contributed by atoms with Crippen molar-refractivity contribution in [3.63, 3.8) is 0 Å². The van der Waals surface area contributed by atoms with E-state index in [0.29, 0.717) is 19.4 Å². The minimum Gasteiger partial charge on any atom is -0.450 e. The first-order valence-corrected chi connectivity index (χ1v) is 5.51. The number of hydrogen-bond donors (Lipinski definition) is 1. The second-order valence-electron chi connectivity index (χ2n) is 4.43. The molecule has 3 saturated heterocycles. The van der Waals surface area contributed by atoms with Crippen LogP contribution in [0.2, 0.25) is 0 Å². The van der Waals surface area contributed by atoms with Gasteiger partial charge in [-0.1, -0.05) is 0 Å². The number of fused-ring (bicyclic) bond motifs is 5. The van der Waals surface area contributed by atoms with Crippen molar-refractivity contribution >= 4 is 6.09 Å². The van der Waals surface area contributed by atoms with Crippen molar-refractivity contribution < 1.29 is 19.4 Å². The van der Waals surface area contributed by atoms with Crippen LogP contribution in [0.1, 0.15) is 19.8 Å². The van der Waals surface area contributed by atoms with E-state index in [-0.39, 0.29) is 36.5 Å². The van der Waals surface area contributed by atoms with Gasteiger partial charge in [0.25, 0.3) is 0 Å². The van der Waals surface area contributed by atoms with Crippen LogP contribution in [0, 0.1) is 0 Å². The van der Waals surface area contributed by atoms with Gasteiger partial charge in [0, 0.05) is 0 Å². The first-order chi connectivity index (χ1) is 7.22. The van der Waals surface area contributed by atoms with Crippen molar-refractivity contribution in [1.29, 1.82) is 0 Å². The van der Waals surface area contributed by atoms with Gasteiger partial charge < -0.3 is 14.6 Å². The number of nitrogens with zero attached hydrogens (tertiary/aromatic N) is 1. The topological polar surface area (TPSA) is 62.3 Å². The highest BCUT2D eigenvalue weighted by Gasteiger charge is 2.65. The Morgan fingerprint density at radius 3 is 2.60 bits per heavy atom. The van der Waals surface area contributed by atoms with Crippen molar-refractivity contribution in [2.45, 2.75) is 50.2 Å². The molecule has 3 fully saturated rings. The Hall–Kier alpha value is -0.810. The van der Waals surface area contributed by atoms with Gasteiger partial charge >= 0.3 is 6.09 Å². The van der Waals surface area contributed by atoms with Crippen LogP contribution < -0.4 is 0 Å². The highest BCUT2D eigenvalue weighted by molar-refractivity contribution is 5.70. The molecule has 0 aliphatic carbocycles. The van der Waals surface area contributed by atoms with Gasteiger partial charge in [-0.3, -0.25) is 4.90 Å². The Morgan fingerprint density at radius 1 is 1.47 bits per heavy atom. The summed E-state index contributed by atoms with van der Waals surface area (Å²) in [5.74, 6) is 0. The number of rotatable bonds is 1. The van der Waals surface area contributed by atoms with Crippen LogP contribution in [0.5, 0.6) is 0 Å². The number of hydrogen-bond acceptors (Lipinski definition) is 4. The quantitative estimate of drug-likeness (QED) is 0.628. The van der Waals surface area contributed by atoms with Gasteiger partial charge in [0.2, 0.25) is 0 Å². The maximum atomic E-state index is 11.7. The van der Waals surface area contributed by atoms with Crippen molar-refractivity contribution in [3.8, 4) is 0 Å². The molecule has 1 unspecified atom stereocenters. The van der Waals surface area contributed by atoms with E-state index < -0.39 is 0 Å². The molecule has 3 rings (SSSR count). The third-order valence-electron chi connectivity index (χ3n) is 3.54. The summed E-state index contributed by atoms with van der Waals surface area (Å²) < 4.78 is 10.5. The molecule has 0 aromatic rings. The van der Waals surface area contributed by atoms with Crippen LogP contribution in [0.3, 0.4) is 0 Å². The molecule has 0 aromatic heterocycles. The largest absolute Gasteiger partial charge is 0.450 e.